The summed E-state index contributed by atoms with van der Waals surface area (Å²) in [5, 5.41) is 0. The van der Waals surface area contributed by atoms with Crippen LogP contribution in [0.5, 0.6) is 0 Å². The lowest BCUT2D eigenvalue weighted by Gasteiger charge is -1.98. The van der Waals surface area contributed by atoms with Crippen LogP contribution < -0.4 is 0 Å². The SMILES string of the molecule is C=N/C=C\c1ccccc1/C=C\C=C/C. The van der Waals surface area contributed by atoms with Crippen molar-refractivity contribution in [2.45, 2.75) is 6.92 Å². The Balaban J connectivity index is 2.95. The summed E-state index contributed by atoms with van der Waals surface area (Å²) in [4.78, 5) is 3.70. The van der Waals surface area contributed by atoms with Crippen molar-refractivity contribution in [1.82, 2.24) is 0 Å². The van der Waals surface area contributed by atoms with Gasteiger partial charge in [0.1, 0.15) is 0 Å². The largest absolute Gasteiger partial charge is 0.272 e. The predicted octanol–water partition coefficient (Wildman–Crippen LogP) is 3.95. The van der Waals surface area contributed by atoms with E-state index in [-0.39, 0.29) is 0 Å². The zero-order valence-electron chi connectivity index (χ0n) is 8.93. The summed E-state index contributed by atoms with van der Waals surface area (Å²) in [5.41, 5.74) is 2.32. The molecule has 0 radical (unpaired) electrons. The minimum absolute atomic E-state index is 1.14. The molecule has 0 aliphatic heterocycles. The predicted molar refractivity (Wildman–Crippen MR) is 68.9 cm³/mol. The number of benzene rings is 1. The van der Waals surface area contributed by atoms with Crippen molar-refractivity contribution >= 4 is 18.9 Å². The van der Waals surface area contributed by atoms with Crippen LogP contribution >= 0.6 is 0 Å². The first-order valence-corrected chi connectivity index (χ1v) is 4.89. The molecule has 1 rings (SSSR count). The third kappa shape index (κ3) is 3.77. The Morgan fingerprint density at radius 2 is 1.73 bits per heavy atom. The molecule has 0 atom stereocenters. The Hall–Kier alpha value is -1.89. The molecule has 0 bridgehead atoms. The molecule has 76 valence electrons. The Bertz CT molecular complexity index is 398. The summed E-state index contributed by atoms with van der Waals surface area (Å²) in [6, 6.07) is 8.16. The molecule has 0 saturated carbocycles. The molecule has 0 saturated heterocycles. The van der Waals surface area contributed by atoms with Gasteiger partial charge in [-0.1, -0.05) is 48.6 Å². The van der Waals surface area contributed by atoms with E-state index in [4.69, 9.17) is 0 Å². The lowest BCUT2D eigenvalue weighted by Crippen LogP contribution is -1.78. The standard InChI is InChI=1S/C14H15N/c1-3-4-5-8-13-9-6-7-10-14(13)11-12-15-2/h3-12H,2H2,1H3/b4-3-,8-5-,12-11-. The highest BCUT2D eigenvalue weighted by molar-refractivity contribution is 5.65. The molecule has 0 heterocycles. The molecular formula is C14H15N. The van der Waals surface area contributed by atoms with Crippen molar-refractivity contribution in [2.24, 2.45) is 4.99 Å². The van der Waals surface area contributed by atoms with Gasteiger partial charge in [-0.15, -0.1) is 0 Å². The molecule has 0 N–H and O–H groups in total. The lowest BCUT2D eigenvalue weighted by molar-refractivity contribution is 1.58. The first kappa shape index (κ1) is 11.2. The van der Waals surface area contributed by atoms with Crippen LogP contribution in [0.15, 0.2) is 53.7 Å². The molecular weight excluding hydrogens is 182 g/mol. The van der Waals surface area contributed by atoms with Gasteiger partial charge in [0.05, 0.1) is 0 Å². The quantitative estimate of drug-likeness (QED) is 0.512. The highest BCUT2D eigenvalue weighted by atomic mass is 14.6. The smallest absolute Gasteiger partial charge is 0.0266 e. The Kier molecular flexibility index (Phi) is 4.88. The van der Waals surface area contributed by atoms with Crippen molar-refractivity contribution in [2.75, 3.05) is 0 Å². The van der Waals surface area contributed by atoms with E-state index in [2.05, 4.69) is 29.9 Å². The first-order chi connectivity index (χ1) is 7.38. The third-order valence-corrected chi connectivity index (χ3v) is 1.93. The minimum atomic E-state index is 1.14. The number of nitrogens with zero attached hydrogens (tertiary/aromatic N) is 1. The van der Waals surface area contributed by atoms with Crippen LogP contribution in [0.4, 0.5) is 0 Å². The van der Waals surface area contributed by atoms with E-state index in [1.165, 1.54) is 5.56 Å². The third-order valence-electron chi connectivity index (χ3n) is 1.93. The van der Waals surface area contributed by atoms with Crippen molar-refractivity contribution in [3.63, 3.8) is 0 Å². The number of hydrogen-bond donors (Lipinski definition) is 0. The molecule has 0 amide bonds. The summed E-state index contributed by atoms with van der Waals surface area (Å²) in [6.07, 6.45) is 11.7. The van der Waals surface area contributed by atoms with Crippen molar-refractivity contribution < 1.29 is 0 Å². The molecule has 1 aromatic carbocycles. The second kappa shape index (κ2) is 6.55. The highest BCUT2D eigenvalue weighted by Crippen LogP contribution is 2.12. The van der Waals surface area contributed by atoms with E-state index < -0.39 is 0 Å². The Morgan fingerprint density at radius 3 is 2.33 bits per heavy atom. The molecule has 1 aromatic rings. The normalized spacial score (nSPS) is 11.8. The fourth-order valence-corrected chi connectivity index (χ4v) is 1.22. The molecule has 0 fully saturated rings. The summed E-state index contributed by atoms with van der Waals surface area (Å²) in [5.74, 6) is 0. The highest BCUT2D eigenvalue weighted by Gasteiger charge is 1.92. The zero-order chi connectivity index (χ0) is 10.9. The maximum atomic E-state index is 3.70. The number of aliphatic imine (C=N–C) groups is 1. The summed E-state index contributed by atoms with van der Waals surface area (Å²) >= 11 is 0. The molecule has 0 unspecified atom stereocenters. The van der Waals surface area contributed by atoms with Gasteiger partial charge < -0.3 is 0 Å². The molecule has 1 heteroatoms. The van der Waals surface area contributed by atoms with Crippen molar-refractivity contribution in [3.8, 4) is 0 Å². The monoisotopic (exact) mass is 197 g/mol. The van der Waals surface area contributed by atoms with Crippen LogP contribution in [0, 0.1) is 0 Å². The van der Waals surface area contributed by atoms with E-state index in [0.717, 1.165) is 5.56 Å². The van der Waals surface area contributed by atoms with Gasteiger partial charge >= 0.3 is 0 Å². The van der Waals surface area contributed by atoms with Crippen LogP contribution in [-0.2, 0) is 0 Å². The van der Waals surface area contributed by atoms with E-state index in [0.29, 0.717) is 0 Å². The van der Waals surface area contributed by atoms with Crippen LogP contribution in [0.25, 0.3) is 12.2 Å². The van der Waals surface area contributed by atoms with E-state index in [1.54, 1.807) is 6.20 Å². The van der Waals surface area contributed by atoms with E-state index in [1.807, 2.05) is 43.4 Å². The second-order valence-electron chi connectivity index (χ2n) is 3.01. The first-order valence-electron chi connectivity index (χ1n) is 4.89. The number of hydrogen-bond acceptors (Lipinski definition) is 1. The average molecular weight is 197 g/mol. The van der Waals surface area contributed by atoms with Crippen LogP contribution in [0.3, 0.4) is 0 Å². The van der Waals surface area contributed by atoms with Gasteiger partial charge in [0, 0.05) is 6.20 Å². The molecule has 0 aliphatic rings. The topological polar surface area (TPSA) is 12.4 Å². The van der Waals surface area contributed by atoms with Crippen LogP contribution in [0.2, 0.25) is 0 Å². The second-order valence-corrected chi connectivity index (χ2v) is 3.01. The van der Waals surface area contributed by atoms with Crippen LogP contribution in [-0.4, -0.2) is 6.72 Å². The summed E-state index contributed by atoms with van der Waals surface area (Å²) < 4.78 is 0. The van der Waals surface area contributed by atoms with Gasteiger partial charge in [0.15, 0.2) is 0 Å². The number of allylic oxidation sites excluding steroid dienone is 3. The number of rotatable bonds is 4. The van der Waals surface area contributed by atoms with Gasteiger partial charge in [-0.05, 0) is 30.8 Å². The van der Waals surface area contributed by atoms with E-state index in [9.17, 15) is 0 Å². The average Bonchev–Trinajstić information content (AvgIpc) is 2.28. The van der Waals surface area contributed by atoms with Gasteiger partial charge in [0.2, 0.25) is 0 Å². The Morgan fingerprint density at radius 1 is 1.07 bits per heavy atom. The van der Waals surface area contributed by atoms with Gasteiger partial charge in [-0.2, -0.15) is 0 Å². The van der Waals surface area contributed by atoms with E-state index >= 15 is 0 Å². The summed E-state index contributed by atoms with van der Waals surface area (Å²) in [6.45, 7) is 5.41. The zero-order valence-corrected chi connectivity index (χ0v) is 8.93. The Labute approximate surface area is 91.2 Å². The van der Waals surface area contributed by atoms with Crippen LogP contribution in [0.1, 0.15) is 18.1 Å². The fourth-order valence-electron chi connectivity index (χ4n) is 1.22. The van der Waals surface area contributed by atoms with Crippen molar-refractivity contribution in [3.05, 3.63) is 59.8 Å². The maximum Gasteiger partial charge on any atom is 0.0266 e. The van der Waals surface area contributed by atoms with Gasteiger partial charge in [-0.3, -0.25) is 4.99 Å². The molecule has 1 nitrogen and oxygen atoms in total. The lowest BCUT2D eigenvalue weighted by atomic mass is 10.1. The minimum Gasteiger partial charge on any atom is -0.272 e. The summed E-state index contributed by atoms with van der Waals surface area (Å²) in [7, 11) is 0. The molecule has 15 heavy (non-hydrogen) atoms. The van der Waals surface area contributed by atoms with Crippen molar-refractivity contribution in [1.29, 1.82) is 0 Å². The molecule has 0 aliphatic carbocycles. The maximum absolute atomic E-state index is 3.70. The fraction of sp³-hybridized carbons (Fsp3) is 0.0714. The molecule has 0 spiro atoms. The molecule has 0 aromatic heterocycles. The van der Waals surface area contributed by atoms with Gasteiger partial charge in [0.25, 0.3) is 0 Å². The van der Waals surface area contributed by atoms with Gasteiger partial charge in [-0.25, -0.2) is 0 Å².